The fourth-order valence-electron chi connectivity index (χ4n) is 2.20. The Labute approximate surface area is 128 Å². The van der Waals surface area contributed by atoms with Crippen LogP contribution in [0.15, 0.2) is 23.1 Å². The first kappa shape index (κ1) is 16.6. The number of hydrogen-bond acceptors (Lipinski definition) is 7. The lowest BCUT2D eigenvalue weighted by Gasteiger charge is -2.30. The number of ether oxygens (including phenoxy) is 1. The van der Waals surface area contributed by atoms with Gasteiger partial charge in [-0.1, -0.05) is 0 Å². The molecule has 22 heavy (non-hydrogen) atoms. The molecule has 2 rings (SSSR count). The second kappa shape index (κ2) is 6.57. The SMILES string of the molecule is CN1CCO[C@H](CNc2ccc(S(N)(=O)=O)cc2[N+](=O)[O-])C1. The van der Waals surface area contributed by atoms with E-state index in [4.69, 9.17) is 9.88 Å². The van der Waals surface area contributed by atoms with Gasteiger partial charge in [-0.15, -0.1) is 0 Å². The fraction of sp³-hybridized carbons (Fsp3) is 0.500. The summed E-state index contributed by atoms with van der Waals surface area (Å²) in [6.45, 7) is 2.56. The molecule has 0 spiro atoms. The molecular weight excluding hydrogens is 312 g/mol. The van der Waals surface area contributed by atoms with Gasteiger partial charge in [0.15, 0.2) is 0 Å². The number of nitrogens with two attached hydrogens (primary N) is 1. The van der Waals surface area contributed by atoms with Crippen LogP contribution in [0.2, 0.25) is 0 Å². The second-order valence-corrected chi connectivity index (χ2v) is 6.68. The number of nitrogens with zero attached hydrogens (tertiary/aromatic N) is 2. The van der Waals surface area contributed by atoms with Crippen LogP contribution in [0.1, 0.15) is 0 Å². The molecule has 1 aromatic carbocycles. The molecule has 0 saturated carbocycles. The van der Waals surface area contributed by atoms with Gasteiger partial charge in [-0.3, -0.25) is 10.1 Å². The summed E-state index contributed by atoms with van der Waals surface area (Å²) in [7, 11) is -2.01. The first-order valence-electron chi connectivity index (χ1n) is 6.62. The van der Waals surface area contributed by atoms with Crippen LogP contribution in [-0.4, -0.2) is 57.6 Å². The number of nitro benzene ring substituents is 1. The molecule has 0 bridgehead atoms. The van der Waals surface area contributed by atoms with Crippen LogP contribution in [0.25, 0.3) is 0 Å². The van der Waals surface area contributed by atoms with E-state index in [0.29, 0.717) is 13.2 Å². The van der Waals surface area contributed by atoms with Crippen LogP contribution in [-0.2, 0) is 14.8 Å². The highest BCUT2D eigenvalue weighted by Crippen LogP contribution is 2.27. The Kier molecular flexibility index (Phi) is 4.96. The van der Waals surface area contributed by atoms with Crippen LogP contribution >= 0.6 is 0 Å². The van der Waals surface area contributed by atoms with Crippen LogP contribution in [0.5, 0.6) is 0 Å². The Morgan fingerprint density at radius 3 is 2.86 bits per heavy atom. The molecule has 1 aliphatic rings. The maximum atomic E-state index is 11.3. The number of nitro groups is 1. The molecule has 0 aliphatic carbocycles. The lowest BCUT2D eigenvalue weighted by Crippen LogP contribution is -2.43. The van der Waals surface area contributed by atoms with Crippen molar-refractivity contribution in [1.29, 1.82) is 0 Å². The molecule has 122 valence electrons. The predicted molar refractivity (Wildman–Crippen MR) is 80.2 cm³/mol. The molecule has 0 amide bonds. The number of nitrogens with one attached hydrogen (secondary N) is 1. The van der Waals surface area contributed by atoms with E-state index in [1.165, 1.54) is 12.1 Å². The van der Waals surface area contributed by atoms with Gasteiger partial charge in [-0.05, 0) is 19.2 Å². The Bertz CT molecular complexity index is 663. The zero-order valence-electron chi connectivity index (χ0n) is 12.1. The summed E-state index contributed by atoms with van der Waals surface area (Å²) in [5, 5.41) is 19.0. The van der Waals surface area contributed by atoms with E-state index < -0.39 is 14.9 Å². The molecule has 9 nitrogen and oxygen atoms in total. The molecule has 1 fully saturated rings. The summed E-state index contributed by atoms with van der Waals surface area (Å²) < 4.78 is 28.1. The molecule has 1 saturated heterocycles. The van der Waals surface area contributed by atoms with Crippen molar-refractivity contribution in [1.82, 2.24) is 4.90 Å². The number of morpholine rings is 1. The molecule has 1 atom stereocenters. The third-order valence-electron chi connectivity index (χ3n) is 3.36. The molecule has 3 N–H and O–H groups in total. The van der Waals surface area contributed by atoms with Gasteiger partial charge in [-0.2, -0.15) is 0 Å². The molecule has 1 heterocycles. The van der Waals surface area contributed by atoms with E-state index in [0.717, 1.165) is 19.2 Å². The third kappa shape index (κ3) is 4.13. The summed E-state index contributed by atoms with van der Waals surface area (Å²) in [5.41, 5.74) is -0.107. The van der Waals surface area contributed by atoms with E-state index in [1.807, 2.05) is 7.05 Å². The van der Waals surface area contributed by atoms with Crippen molar-refractivity contribution >= 4 is 21.4 Å². The van der Waals surface area contributed by atoms with Gasteiger partial charge >= 0.3 is 0 Å². The van der Waals surface area contributed by atoms with Crippen molar-refractivity contribution in [3.63, 3.8) is 0 Å². The van der Waals surface area contributed by atoms with Crippen molar-refractivity contribution in [3.05, 3.63) is 28.3 Å². The molecule has 0 unspecified atom stereocenters. The Morgan fingerprint density at radius 2 is 2.27 bits per heavy atom. The summed E-state index contributed by atoms with van der Waals surface area (Å²) >= 11 is 0. The minimum absolute atomic E-state index is 0.0868. The van der Waals surface area contributed by atoms with Gasteiger partial charge < -0.3 is 15.0 Å². The summed E-state index contributed by atoms with van der Waals surface area (Å²) in [6, 6.07) is 3.52. The quantitative estimate of drug-likeness (QED) is 0.573. The molecule has 1 aliphatic heterocycles. The number of likely N-dealkylation sites (N-methyl/N-ethyl adjacent to an activating group) is 1. The third-order valence-corrected chi connectivity index (χ3v) is 4.27. The first-order valence-corrected chi connectivity index (χ1v) is 8.17. The van der Waals surface area contributed by atoms with Gasteiger partial charge in [0, 0.05) is 25.7 Å². The number of rotatable bonds is 5. The van der Waals surface area contributed by atoms with Crippen molar-refractivity contribution < 1.29 is 18.1 Å². The lowest BCUT2D eigenvalue weighted by atomic mass is 10.2. The normalized spacial score (nSPS) is 19.8. The van der Waals surface area contributed by atoms with Gasteiger partial charge in [-0.25, -0.2) is 13.6 Å². The van der Waals surface area contributed by atoms with E-state index in [1.54, 1.807) is 0 Å². The monoisotopic (exact) mass is 330 g/mol. The predicted octanol–water partition coefficient (Wildman–Crippen LogP) is -0.0153. The minimum atomic E-state index is -3.98. The largest absolute Gasteiger partial charge is 0.377 e. The van der Waals surface area contributed by atoms with Crippen LogP contribution < -0.4 is 10.5 Å². The van der Waals surface area contributed by atoms with Crippen molar-refractivity contribution in [2.45, 2.75) is 11.0 Å². The van der Waals surface area contributed by atoms with Gasteiger partial charge in [0.2, 0.25) is 10.0 Å². The minimum Gasteiger partial charge on any atom is -0.377 e. The highest BCUT2D eigenvalue weighted by atomic mass is 32.2. The van der Waals surface area contributed by atoms with E-state index >= 15 is 0 Å². The standard InChI is InChI=1S/C12H18N4O5S/c1-15-4-5-21-9(8-15)7-14-11-3-2-10(22(13,19)20)6-12(11)16(17)18/h2-3,6,9,14H,4-5,7-8H2,1H3,(H2,13,19,20)/t9-/m1/s1. The van der Waals surface area contributed by atoms with Crippen LogP contribution in [0.4, 0.5) is 11.4 Å². The topological polar surface area (TPSA) is 128 Å². The fourth-order valence-corrected chi connectivity index (χ4v) is 2.74. The van der Waals surface area contributed by atoms with Gasteiger partial charge in [0.1, 0.15) is 5.69 Å². The number of anilines is 1. The Morgan fingerprint density at radius 1 is 1.55 bits per heavy atom. The number of hydrogen-bond donors (Lipinski definition) is 2. The van der Waals surface area contributed by atoms with Crippen LogP contribution in [0.3, 0.4) is 0 Å². The van der Waals surface area contributed by atoms with E-state index in [2.05, 4.69) is 10.2 Å². The summed E-state index contributed by atoms with van der Waals surface area (Å²) in [5.74, 6) is 0. The summed E-state index contributed by atoms with van der Waals surface area (Å²) in [4.78, 5) is 12.3. The second-order valence-electron chi connectivity index (χ2n) is 5.12. The van der Waals surface area contributed by atoms with E-state index in [-0.39, 0.29) is 22.4 Å². The number of sulfonamides is 1. The Hall–Kier alpha value is -1.75. The average molecular weight is 330 g/mol. The van der Waals surface area contributed by atoms with Crippen molar-refractivity contribution in [2.75, 3.05) is 38.6 Å². The summed E-state index contributed by atoms with van der Waals surface area (Å²) in [6.07, 6.45) is -0.0868. The van der Waals surface area contributed by atoms with Crippen molar-refractivity contribution in [2.24, 2.45) is 5.14 Å². The molecule has 1 aromatic rings. The number of benzene rings is 1. The molecule has 10 heteroatoms. The maximum Gasteiger partial charge on any atom is 0.293 e. The van der Waals surface area contributed by atoms with E-state index in [9.17, 15) is 18.5 Å². The zero-order chi connectivity index (χ0) is 16.3. The zero-order valence-corrected chi connectivity index (χ0v) is 12.9. The first-order chi connectivity index (χ1) is 10.3. The average Bonchev–Trinajstić information content (AvgIpc) is 2.44. The Balaban J connectivity index is 2.15. The maximum absolute atomic E-state index is 11.3. The lowest BCUT2D eigenvalue weighted by molar-refractivity contribution is -0.384. The van der Waals surface area contributed by atoms with Crippen LogP contribution in [0, 0.1) is 10.1 Å². The highest BCUT2D eigenvalue weighted by molar-refractivity contribution is 7.89. The molecule has 0 radical (unpaired) electrons. The van der Waals surface area contributed by atoms with Gasteiger partial charge in [0.05, 0.1) is 22.5 Å². The highest BCUT2D eigenvalue weighted by Gasteiger charge is 2.21. The molecular formula is C12H18N4O5S. The molecule has 0 aromatic heterocycles. The van der Waals surface area contributed by atoms with Crippen molar-refractivity contribution in [3.8, 4) is 0 Å². The van der Waals surface area contributed by atoms with Gasteiger partial charge in [0.25, 0.3) is 5.69 Å². The smallest absolute Gasteiger partial charge is 0.293 e. The number of primary sulfonamides is 1.